The Morgan fingerprint density at radius 3 is 2.30 bits per heavy atom. The van der Waals surface area contributed by atoms with Gasteiger partial charge in [0.15, 0.2) is 0 Å². The van der Waals surface area contributed by atoms with Crippen LogP contribution in [0.4, 0.5) is 0 Å². The molecule has 1 aliphatic heterocycles. The second-order valence-corrected chi connectivity index (χ2v) is 10.8. The lowest BCUT2D eigenvalue weighted by Crippen LogP contribution is -2.40. The molecule has 1 heteroatoms. The maximum Gasteiger partial charge on any atom is 0.0135 e. The normalized spacial score (nSPS) is 48.2. The molecule has 0 aromatic rings. The molecule has 0 aromatic heterocycles. The number of likely N-dealkylation sites (tertiary alicyclic amines) is 1. The van der Waals surface area contributed by atoms with E-state index in [9.17, 15) is 0 Å². The highest BCUT2D eigenvalue weighted by molar-refractivity contribution is 5.07. The summed E-state index contributed by atoms with van der Waals surface area (Å²) in [6.45, 7) is 3.73. The lowest BCUT2D eigenvalue weighted by atomic mass is 9.65. The van der Waals surface area contributed by atoms with Gasteiger partial charge in [0, 0.05) is 12.1 Å². The zero-order chi connectivity index (χ0) is 18.2. The van der Waals surface area contributed by atoms with Crippen LogP contribution >= 0.6 is 0 Å². The van der Waals surface area contributed by atoms with Crippen LogP contribution < -0.4 is 0 Å². The molecule has 4 saturated carbocycles. The van der Waals surface area contributed by atoms with E-state index in [1.165, 1.54) is 96.4 Å². The van der Waals surface area contributed by atoms with Gasteiger partial charge < -0.3 is 0 Å². The molecule has 5 fully saturated rings. The number of fused-ring (bicyclic) bond motifs is 4. The molecule has 0 N–H and O–H groups in total. The van der Waals surface area contributed by atoms with Gasteiger partial charge in [-0.3, -0.25) is 4.90 Å². The van der Waals surface area contributed by atoms with Crippen molar-refractivity contribution in [2.75, 3.05) is 6.54 Å². The molecule has 27 heavy (non-hydrogen) atoms. The predicted molar refractivity (Wildman–Crippen MR) is 115 cm³/mol. The van der Waals surface area contributed by atoms with Crippen molar-refractivity contribution >= 4 is 0 Å². The third kappa shape index (κ3) is 3.56. The Balaban J connectivity index is 1.24. The maximum absolute atomic E-state index is 2.96. The molecule has 4 aliphatic carbocycles. The highest BCUT2D eigenvalue weighted by Crippen LogP contribution is 2.50. The Morgan fingerprint density at radius 1 is 0.667 bits per heavy atom. The number of nitrogens with zero attached hydrogens (tertiary/aromatic N) is 1. The molecular weight excluding hydrogens is 326 g/mol. The van der Waals surface area contributed by atoms with Gasteiger partial charge in [-0.2, -0.15) is 0 Å². The van der Waals surface area contributed by atoms with Gasteiger partial charge in [-0.1, -0.05) is 64.0 Å². The van der Waals surface area contributed by atoms with Crippen LogP contribution in [0.15, 0.2) is 12.2 Å². The van der Waals surface area contributed by atoms with Crippen molar-refractivity contribution in [2.45, 2.75) is 109 Å². The fraction of sp³-hybridized carbons (Fsp3) is 0.923. The molecule has 152 valence electrons. The van der Waals surface area contributed by atoms with Gasteiger partial charge >= 0.3 is 0 Å². The number of hydrogen-bond donors (Lipinski definition) is 0. The minimum Gasteiger partial charge on any atom is -0.297 e. The van der Waals surface area contributed by atoms with E-state index < -0.39 is 0 Å². The summed E-state index contributed by atoms with van der Waals surface area (Å²) in [5, 5.41) is 0. The lowest BCUT2D eigenvalue weighted by molar-refractivity contribution is 0.127. The first kappa shape index (κ1) is 18.7. The molecule has 5 rings (SSSR count). The highest BCUT2D eigenvalue weighted by Gasteiger charge is 2.50. The smallest absolute Gasteiger partial charge is 0.0135 e. The predicted octanol–water partition coefficient (Wildman–Crippen LogP) is 6.83. The average molecular weight is 370 g/mol. The molecule has 8 unspecified atom stereocenters. The first-order valence-electron chi connectivity index (χ1n) is 12.8. The summed E-state index contributed by atoms with van der Waals surface area (Å²) in [7, 11) is 0. The Hall–Kier alpha value is -0.300. The van der Waals surface area contributed by atoms with Gasteiger partial charge in [-0.25, -0.2) is 0 Å². The minimum absolute atomic E-state index is 0.879. The molecule has 1 nitrogen and oxygen atoms in total. The van der Waals surface area contributed by atoms with Crippen molar-refractivity contribution < 1.29 is 0 Å². The van der Waals surface area contributed by atoms with Gasteiger partial charge in [-0.15, -0.1) is 0 Å². The van der Waals surface area contributed by atoms with Crippen LogP contribution in [0.2, 0.25) is 0 Å². The van der Waals surface area contributed by atoms with Crippen molar-refractivity contribution in [1.29, 1.82) is 0 Å². The molecule has 1 heterocycles. The molecule has 0 bridgehead atoms. The van der Waals surface area contributed by atoms with Crippen LogP contribution in [-0.2, 0) is 0 Å². The minimum atomic E-state index is 0.879. The van der Waals surface area contributed by atoms with Gasteiger partial charge in [-0.05, 0) is 87.0 Å². The highest BCUT2D eigenvalue weighted by atomic mass is 15.2. The maximum atomic E-state index is 2.96. The number of hydrogen-bond acceptors (Lipinski definition) is 1. The fourth-order valence-electron chi connectivity index (χ4n) is 8.55. The van der Waals surface area contributed by atoms with Gasteiger partial charge in [0.1, 0.15) is 0 Å². The van der Waals surface area contributed by atoms with Crippen molar-refractivity contribution in [1.82, 2.24) is 4.90 Å². The Bertz CT molecular complexity index is 508. The quantitative estimate of drug-likeness (QED) is 0.493. The van der Waals surface area contributed by atoms with E-state index in [-0.39, 0.29) is 0 Å². The monoisotopic (exact) mass is 369 g/mol. The lowest BCUT2D eigenvalue weighted by Gasteiger charge is -2.41. The third-order valence-corrected chi connectivity index (χ3v) is 9.72. The molecule has 8 atom stereocenters. The van der Waals surface area contributed by atoms with E-state index in [0.29, 0.717) is 0 Å². The van der Waals surface area contributed by atoms with E-state index >= 15 is 0 Å². The number of allylic oxidation sites excluding steroid dienone is 2. The fourth-order valence-corrected chi connectivity index (χ4v) is 8.55. The number of rotatable bonds is 3. The molecule has 5 aliphatic rings. The molecule has 0 amide bonds. The van der Waals surface area contributed by atoms with Crippen LogP contribution in [0.1, 0.15) is 96.8 Å². The van der Waals surface area contributed by atoms with Crippen LogP contribution in [-0.4, -0.2) is 23.5 Å². The van der Waals surface area contributed by atoms with Crippen molar-refractivity contribution in [3.63, 3.8) is 0 Å². The Morgan fingerprint density at radius 2 is 1.41 bits per heavy atom. The van der Waals surface area contributed by atoms with E-state index in [4.69, 9.17) is 0 Å². The summed E-state index contributed by atoms with van der Waals surface area (Å²) in [5.41, 5.74) is 0. The summed E-state index contributed by atoms with van der Waals surface area (Å²) in [6.07, 6.45) is 26.6. The Labute approximate surface area is 168 Å². The van der Waals surface area contributed by atoms with E-state index in [1.54, 1.807) is 0 Å². The van der Waals surface area contributed by atoms with Crippen LogP contribution in [0.3, 0.4) is 0 Å². The summed E-state index contributed by atoms with van der Waals surface area (Å²) in [6, 6.07) is 1.86. The van der Waals surface area contributed by atoms with Gasteiger partial charge in [0.05, 0.1) is 0 Å². The zero-order valence-electron chi connectivity index (χ0n) is 17.8. The van der Waals surface area contributed by atoms with E-state index in [1.807, 2.05) is 0 Å². The summed E-state index contributed by atoms with van der Waals surface area (Å²) in [4.78, 5) is 2.96. The molecule has 0 aromatic carbocycles. The molecule has 0 spiro atoms. The van der Waals surface area contributed by atoms with Crippen LogP contribution in [0, 0.1) is 35.5 Å². The van der Waals surface area contributed by atoms with Crippen molar-refractivity contribution in [2.24, 2.45) is 35.5 Å². The van der Waals surface area contributed by atoms with Gasteiger partial charge in [0.25, 0.3) is 0 Å². The van der Waals surface area contributed by atoms with Crippen LogP contribution in [0.5, 0.6) is 0 Å². The third-order valence-electron chi connectivity index (χ3n) is 9.72. The standard InChI is InChI=1S/C26H43N/c1-2-27-25-13-6-5-12-23(25)24-17-15-19(18-26(24)27)14-16-21-10-7-9-20-8-3-4-11-22(20)21/h14,16,19-26H,2-13,15,17-18H2,1H3. The van der Waals surface area contributed by atoms with E-state index in [0.717, 1.165) is 47.6 Å². The Kier molecular flexibility index (Phi) is 5.69. The van der Waals surface area contributed by atoms with E-state index in [2.05, 4.69) is 24.0 Å². The molecule has 1 saturated heterocycles. The van der Waals surface area contributed by atoms with Crippen molar-refractivity contribution in [3.05, 3.63) is 12.2 Å². The van der Waals surface area contributed by atoms with Crippen molar-refractivity contribution in [3.8, 4) is 0 Å². The SMILES string of the molecule is CCN1C2CCCCC2C2CCC(C=CC3CCCC4CCCCC34)CC21. The average Bonchev–Trinajstić information content (AvgIpc) is 3.05. The first-order chi connectivity index (χ1) is 13.3. The van der Waals surface area contributed by atoms with Crippen LogP contribution in [0.25, 0.3) is 0 Å². The second-order valence-electron chi connectivity index (χ2n) is 10.8. The summed E-state index contributed by atoms with van der Waals surface area (Å²) >= 11 is 0. The summed E-state index contributed by atoms with van der Waals surface area (Å²) < 4.78 is 0. The largest absolute Gasteiger partial charge is 0.297 e. The summed E-state index contributed by atoms with van der Waals surface area (Å²) in [5.74, 6) is 6.01. The first-order valence-corrected chi connectivity index (χ1v) is 12.8. The zero-order valence-corrected chi connectivity index (χ0v) is 17.8. The topological polar surface area (TPSA) is 3.24 Å². The molecule has 0 radical (unpaired) electrons. The second kappa shape index (κ2) is 8.21. The van der Waals surface area contributed by atoms with Gasteiger partial charge in [0.2, 0.25) is 0 Å². The molecular formula is C26H43N.